The number of aromatic nitrogens is 2. The number of halogens is 2. The zero-order valence-corrected chi connectivity index (χ0v) is 6.50. The third-order valence-electron chi connectivity index (χ3n) is 1.44. The number of rotatable bonds is 3. The van der Waals surface area contributed by atoms with Gasteiger partial charge in [-0.05, 0) is 6.92 Å². The van der Waals surface area contributed by atoms with E-state index >= 15 is 0 Å². The molecule has 0 amide bonds. The molecule has 0 fully saturated rings. The molecule has 3 nitrogen and oxygen atoms in total. The second-order valence-corrected chi connectivity index (χ2v) is 2.25. The van der Waals surface area contributed by atoms with Crippen LogP contribution in [0.15, 0.2) is 12.4 Å². The fraction of sp³-hybridized carbons (Fsp3) is 0.429. The summed E-state index contributed by atoms with van der Waals surface area (Å²) in [6, 6.07) is 0. The number of carbonyl (C=O) groups excluding carboxylic acids is 1. The van der Waals surface area contributed by atoms with Gasteiger partial charge in [0.05, 0.1) is 11.8 Å². The lowest BCUT2D eigenvalue weighted by Gasteiger charge is -1.93. The number of Topliss-reactive ketones (excluding diaryl/α,β-unsaturated/α-hetero) is 1. The summed E-state index contributed by atoms with van der Waals surface area (Å²) in [6.07, 6.45) is -0.480. The van der Waals surface area contributed by atoms with Crippen LogP contribution in [0.2, 0.25) is 0 Å². The van der Waals surface area contributed by atoms with Gasteiger partial charge in [0.2, 0.25) is 5.78 Å². The minimum Gasteiger partial charge on any atom is -0.288 e. The highest BCUT2D eigenvalue weighted by Gasteiger charge is 2.18. The van der Waals surface area contributed by atoms with Crippen LogP contribution < -0.4 is 0 Å². The molecule has 0 aliphatic heterocycles. The fourth-order valence-corrected chi connectivity index (χ4v) is 0.790. The molecule has 0 unspecified atom stereocenters. The maximum absolute atomic E-state index is 11.8. The van der Waals surface area contributed by atoms with Crippen LogP contribution in [0.3, 0.4) is 0 Å². The van der Waals surface area contributed by atoms with E-state index < -0.39 is 12.2 Å². The Morgan fingerprint density at radius 3 is 2.83 bits per heavy atom. The highest BCUT2D eigenvalue weighted by Crippen LogP contribution is 2.06. The quantitative estimate of drug-likeness (QED) is 0.648. The van der Waals surface area contributed by atoms with E-state index in [2.05, 4.69) is 5.10 Å². The Morgan fingerprint density at radius 2 is 2.42 bits per heavy atom. The maximum Gasteiger partial charge on any atom is 0.300 e. The van der Waals surface area contributed by atoms with E-state index in [1.54, 1.807) is 0 Å². The van der Waals surface area contributed by atoms with Gasteiger partial charge in [0.15, 0.2) is 0 Å². The first kappa shape index (κ1) is 8.83. The molecule has 0 spiro atoms. The Labute approximate surface area is 68.0 Å². The Balaban J connectivity index is 2.82. The zero-order chi connectivity index (χ0) is 9.14. The summed E-state index contributed by atoms with van der Waals surface area (Å²) in [6.45, 7) is 2.38. The molecule has 0 aliphatic carbocycles. The van der Waals surface area contributed by atoms with Crippen molar-refractivity contribution in [2.45, 2.75) is 19.9 Å². The highest BCUT2D eigenvalue weighted by molar-refractivity contribution is 5.97. The van der Waals surface area contributed by atoms with Gasteiger partial charge in [0.25, 0.3) is 0 Å². The molecular formula is C7H8F2N2O. The van der Waals surface area contributed by atoms with Gasteiger partial charge in [-0.2, -0.15) is 5.10 Å². The molecule has 1 rings (SSSR count). The van der Waals surface area contributed by atoms with E-state index in [1.807, 2.05) is 6.92 Å². The summed E-state index contributed by atoms with van der Waals surface area (Å²) in [5.74, 6) is -1.17. The van der Waals surface area contributed by atoms with Gasteiger partial charge in [-0.15, -0.1) is 0 Å². The van der Waals surface area contributed by atoms with Crippen molar-refractivity contribution in [2.75, 3.05) is 0 Å². The first-order chi connectivity index (χ1) is 5.65. The van der Waals surface area contributed by atoms with Gasteiger partial charge in [-0.1, -0.05) is 0 Å². The van der Waals surface area contributed by atoms with Crippen LogP contribution >= 0.6 is 0 Å². The van der Waals surface area contributed by atoms with Crippen molar-refractivity contribution in [3.8, 4) is 0 Å². The molecule has 0 bridgehead atoms. The van der Waals surface area contributed by atoms with Gasteiger partial charge in [-0.3, -0.25) is 9.48 Å². The molecule has 0 aliphatic rings. The summed E-state index contributed by atoms with van der Waals surface area (Å²) >= 11 is 0. The van der Waals surface area contributed by atoms with Crippen molar-refractivity contribution in [1.82, 2.24) is 9.78 Å². The predicted molar refractivity (Wildman–Crippen MR) is 38.2 cm³/mol. The molecule has 0 aromatic carbocycles. The molecule has 1 heterocycles. The molecule has 0 saturated heterocycles. The predicted octanol–water partition coefficient (Wildman–Crippen LogP) is 1.35. The van der Waals surface area contributed by atoms with E-state index in [4.69, 9.17) is 0 Å². The lowest BCUT2D eigenvalue weighted by atomic mass is 10.2. The molecule has 0 radical (unpaired) electrons. The van der Waals surface area contributed by atoms with Gasteiger partial charge in [-0.25, -0.2) is 8.78 Å². The number of aryl methyl sites for hydroxylation is 1. The van der Waals surface area contributed by atoms with Crippen molar-refractivity contribution in [1.29, 1.82) is 0 Å². The van der Waals surface area contributed by atoms with Gasteiger partial charge < -0.3 is 0 Å². The summed E-state index contributed by atoms with van der Waals surface area (Å²) in [5.41, 5.74) is -0.0353. The summed E-state index contributed by atoms with van der Waals surface area (Å²) in [7, 11) is 0. The van der Waals surface area contributed by atoms with Crippen molar-refractivity contribution in [2.24, 2.45) is 0 Å². The number of ketones is 1. The lowest BCUT2D eigenvalue weighted by Crippen LogP contribution is -2.08. The monoisotopic (exact) mass is 174 g/mol. The number of alkyl halides is 2. The van der Waals surface area contributed by atoms with Crippen molar-refractivity contribution < 1.29 is 13.6 Å². The van der Waals surface area contributed by atoms with Crippen LogP contribution in [0, 0.1) is 0 Å². The number of carbonyl (C=O) groups is 1. The van der Waals surface area contributed by atoms with E-state index in [1.165, 1.54) is 10.9 Å². The topological polar surface area (TPSA) is 34.9 Å². The molecule has 0 atom stereocenters. The third kappa shape index (κ3) is 1.66. The van der Waals surface area contributed by atoms with E-state index in [0.29, 0.717) is 6.54 Å². The van der Waals surface area contributed by atoms with Gasteiger partial charge in [0.1, 0.15) is 0 Å². The second-order valence-electron chi connectivity index (χ2n) is 2.25. The van der Waals surface area contributed by atoms with Gasteiger partial charge in [0, 0.05) is 12.7 Å². The van der Waals surface area contributed by atoms with Crippen LogP contribution in [0.4, 0.5) is 8.78 Å². The Bertz CT molecular complexity index is 283. The minimum atomic E-state index is -2.94. The van der Waals surface area contributed by atoms with Crippen LogP contribution in [0.1, 0.15) is 17.3 Å². The van der Waals surface area contributed by atoms with Crippen LogP contribution in [0.25, 0.3) is 0 Å². The van der Waals surface area contributed by atoms with Crippen molar-refractivity contribution in [3.05, 3.63) is 18.0 Å². The first-order valence-electron chi connectivity index (χ1n) is 3.50. The van der Waals surface area contributed by atoms with Crippen LogP contribution in [-0.2, 0) is 6.54 Å². The molecule has 0 saturated carbocycles. The summed E-state index contributed by atoms with van der Waals surface area (Å²) in [4.78, 5) is 10.7. The Hall–Kier alpha value is -1.26. The second kappa shape index (κ2) is 3.42. The normalized spacial score (nSPS) is 10.7. The molecule has 0 N–H and O–H groups in total. The van der Waals surface area contributed by atoms with E-state index in [-0.39, 0.29) is 5.56 Å². The maximum atomic E-state index is 11.8. The summed E-state index contributed by atoms with van der Waals surface area (Å²) < 4.78 is 25.1. The number of nitrogens with zero attached hydrogens (tertiary/aromatic N) is 2. The highest BCUT2D eigenvalue weighted by atomic mass is 19.3. The molecule has 12 heavy (non-hydrogen) atoms. The smallest absolute Gasteiger partial charge is 0.288 e. The lowest BCUT2D eigenvalue weighted by molar-refractivity contribution is 0.0678. The average Bonchev–Trinajstić information content (AvgIpc) is 2.50. The molecule has 66 valence electrons. The fourth-order valence-electron chi connectivity index (χ4n) is 0.790. The zero-order valence-electron chi connectivity index (χ0n) is 6.50. The Morgan fingerprint density at radius 1 is 1.75 bits per heavy atom. The van der Waals surface area contributed by atoms with Gasteiger partial charge >= 0.3 is 6.43 Å². The Kier molecular flexibility index (Phi) is 2.52. The molecular weight excluding hydrogens is 166 g/mol. The van der Waals surface area contributed by atoms with E-state index in [9.17, 15) is 13.6 Å². The molecule has 1 aromatic rings. The average molecular weight is 174 g/mol. The standard InChI is InChI=1S/C7H8F2N2O/c1-2-11-4-5(3-10-11)6(12)7(8)9/h3-4,7H,2H2,1H3. The minimum absolute atomic E-state index is 0.0353. The summed E-state index contributed by atoms with van der Waals surface area (Å²) in [5, 5.41) is 3.70. The van der Waals surface area contributed by atoms with Crippen molar-refractivity contribution >= 4 is 5.78 Å². The third-order valence-corrected chi connectivity index (χ3v) is 1.44. The first-order valence-corrected chi connectivity index (χ1v) is 3.50. The number of hydrogen-bond acceptors (Lipinski definition) is 2. The van der Waals surface area contributed by atoms with Crippen LogP contribution in [-0.4, -0.2) is 22.0 Å². The largest absolute Gasteiger partial charge is 0.300 e. The van der Waals surface area contributed by atoms with E-state index in [0.717, 1.165) is 6.20 Å². The number of hydrogen-bond donors (Lipinski definition) is 0. The SMILES string of the molecule is CCn1cc(C(=O)C(F)F)cn1. The van der Waals surface area contributed by atoms with Crippen LogP contribution in [0.5, 0.6) is 0 Å². The van der Waals surface area contributed by atoms with Crippen molar-refractivity contribution in [3.63, 3.8) is 0 Å². The molecule has 5 heteroatoms. The molecule has 1 aromatic heterocycles.